The zero-order valence-corrected chi connectivity index (χ0v) is 11.4. The van der Waals surface area contributed by atoms with Gasteiger partial charge in [-0.05, 0) is 25.5 Å². The van der Waals surface area contributed by atoms with Gasteiger partial charge < -0.3 is 14.9 Å². The Morgan fingerprint density at radius 3 is 2.50 bits per heavy atom. The molecule has 0 saturated carbocycles. The lowest BCUT2D eigenvalue weighted by Gasteiger charge is -2.18. The standard InChI is InChI=1S/C13H21N3O2/c1-10(17)7-8-16(4)13(18)11-5-6-12(14-9-11)15(2)3/h5-6,9-10,17H,7-8H2,1-4H3. The summed E-state index contributed by atoms with van der Waals surface area (Å²) < 4.78 is 0. The summed E-state index contributed by atoms with van der Waals surface area (Å²) >= 11 is 0. The zero-order valence-electron chi connectivity index (χ0n) is 11.4. The topological polar surface area (TPSA) is 56.7 Å². The second kappa shape index (κ2) is 6.35. The highest BCUT2D eigenvalue weighted by molar-refractivity contribution is 5.93. The second-order valence-corrected chi connectivity index (χ2v) is 4.66. The Bertz CT molecular complexity index is 388. The second-order valence-electron chi connectivity index (χ2n) is 4.66. The van der Waals surface area contributed by atoms with Crippen molar-refractivity contribution >= 4 is 11.7 Å². The molecule has 0 aliphatic heterocycles. The molecule has 1 aromatic rings. The molecular weight excluding hydrogens is 230 g/mol. The van der Waals surface area contributed by atoms with Gasteiger partial charge in [-0.15, -0.1) is 0 Å². The van der Waals surface area contributed by atoms with E-state index in [0.29, 0.717) is 18.5 Å². The first-order valence-electron chi connectivity index (χ1n) is 5.98. The van der Waals surface area contributed by atoms with E-state index in [9.17, 15) is 9.90 Å². The van der Waals surface area contributed by atoms with Crippen molar-refractivity contribution < 1.29 is 9.90 Å². The van der Waals surface area contributed by atoms with Crippen molar-refractivity contribution in [2.75, 3.05) is 32.6 Å². The first kappa shape index (κ1) is 14.4. The summed E-state index contributed by atoms with van der Waals surface area (Å²) in [4.78, 5) is 19.7. The largest absolute Gasteiger partial charge is 0.393 e. The number of rotatable bonds is 5. The molecule has 1 aromatic heterocycles. The molecule has 0 fully saturated rings. The zero-order chi connectivity index (χ0) is 13.7. The fraction of sp³-hybridized carbons (Fsp3) is 0.538. The van der Waals surface area contributed by atoms with Gasteiger partial charge in [0.1, 0.15) is 5.82 Å². The maximum atomic E-state index is 12.0. The van der Waals surface area contributed by atoms with E-state index in [4.69, 9.17) is 0 Å². The van der Waals surface area contributed by atoms with Gasteiger partial charge in [0.25, 0.3) is 5.91 Å². The number of aliphatic hydroxyl groups is 1. The lowest BCUT2D eigenvalue weighted by Crippen LogP contribution is -2.29. The molecule has 1 heterocycles. The Kier molecular flexibility index (Phi) is 5.09. The van der Waals surface area contributed by atoms with Crippen LogP contribution in [0.15, 0.2) is 18.3 Å². The van der Waals surface area contributed by atoms with Crippen LogP contribution in [0.2, 0.25) is 0 Å². The van der Waals surface area contributed by atoms with E-state index in [1.54, 1.807) is 31.1 Å². The Hall–Kier alpha value is -1.62. The van der Waals surface area contributed by atoms with E-state index in [2.05, 4.69) is 4.98 Å². The van der Waals surface area contributed by atoms with Crippen LogP contribution in [-0.4, -0.2) is 54.7 Å². The van der Waals surface area contributed by atoms with Crippen LogP contribution in [-0.2, 0) is 0 Å². The molecule has 0 saturated heterocycles. The average molecular weight is 251 g/mol. The normalized spacial score (nSPS) is 12.1. The molecular formula is C13H21N3O2. The van der Waals surface area contributed by atoms with Crippen LogP contribution in [0.4, 0.5) is 5.82 Å². The first-order valence-corrected chi connectivity index (χ1v) is 5.98. The number of pyridine rings is 1. The van der Waals surface area contributed by atoms with Crippen LogP contribution < -0.4 is 4.90 Å². The summed E-state index contributed by atoms with van der Waals surface area (Å²) in [5.74, 6) is 0.742. The molecule has 1 rings (SSSR count). The smallest absolute Gasteiger partial charge is 0.255 e. The molecule has 0 aliphatic rings. The summed E-state index contributed by atoms with van der Waals surface area (Å²) in [6.07, 6.45) is 1.76. The minimum Gasteiger partial charge on any atom is -0.393 e. The molecule has 5 nitrogen and oxygen atoms in total. The Morgan fingerprint density at radius 2 is 2.06 bits per heavy atom. The fourth-order valence-corrected chi connectivity index (χ4v) is 1.48. The Morgan fingerprint density at radius 1 is 1.39 bits per heavy atom. The molecule has 1 amide bonds. The summed E-state index contributed by atoms with van der Waals surface area (Å²) in [5, 5.41) is 9.20. The Balaban J connectivity index is 2.66. The molecule has 100 valence electrons. The number of carbonyl (C=O) groups is 1. The summed E-state index contributed by atoms with van der Waals surface area (Å²) in [6.45, 7) is 2.25. The van der Waals surface area contributed by atoms with Crippen LogP contribution in [0.5, 0.6) is 0 Å². The highest BCUT2D eigenvalue weighted by Crippen LogP contribution is 2.09. The van der Waals surface area contributed by atoms with Crippen LogP contribution in [0.1, 0.15) is 23.7 Å². The summed E-state index contributed by atoms with van der Waals surface area (Å²) in [7, 11) is 5.53. The van der Waals surface area contributed by atoms with Crippen molar-refractivity contribution in [3.63, 3.8) is 0 Å². The van der Waals surface area contributed by atoms with Gasteiger partial charge in [0, 0.05) is 33.9 Å². The molecule has 0 bridgehead atoms. The van der Waals surface area contributed by atoms with Gasteiger partial charge in [-0.1, -0.05) is 0 Å². The van der Waals surface area contributed by atoms with E-state index in [0.717, 1.165) is 5.82 Å². The quantitative estimate of drug-likeness (QED) is 0.848. The maximum absolute atomic E-state index is 12.0. The lowest BCUT2D eigenvalue weighted by molar-refractivity contribution is 0.0768. The van der Waals surface area contributed by atoms with Crippen molar-refractivity contribution in [2.45, 2.75) is 19.4 Å². The van der Waals surface area contributed by atoms with E-state index < -0.39 is 6.10 Å². The van der Waals surface area contributed by atoms with E-state index >= 15 is 0 Å². The molecule has 1 unspecified atom stereocenters. The third kappa shape index (κ3) is 4.00. The fourth-order valence-electron chi connectivity index (χ4n) is 1.48. The lowest BCUT2D eigenvalue weighted by atomic mass is 10.2. The van der Waals surface area contributed by atoms with Crippen molar-refractivity contribution in [3.8, 4) is 0 Å². The average Bonchev–Trinajstić information content (AvgIpc) is 2.35. The van der Waals surface area contributed by atoms with Crippen molar-refractivity contribution in [1.82, 2.24) is 9.88 Å². The summed E-state index contributed by atoms with van der Waals surface area (Å²) in [5.41, 5.74) is 0.564. The molecule has 0 radical (unpaired) electrons. The third-order valence-electron chi connectivity index (χ3n) is 2.68. The third-order valence-corrected chi connectivity index (χ3v) is 2.68. The number of aromatic nitrogens is 1. The van der Waals surface area contributed by atoms with Gasteiger partial charge in [0.2, 0.25) is 0 Å². The Labute approximate surface area is 108 Å². The van der Waals surface area contributed by atoms with Gasteiger partial charge in [-0.3, -0.25) is 4.79 Å². The molecule has 5 heteroatoms. The van der Waals surface area contributed by atoms with Crippen LogP contribution >= 0.6 is 0 Å². The van der Waals surface area contributed by atoms with Gasteiger partial charge in [0.15, 0.2) is 0 Å². The van der Waals surface area contributed by atoms with E-state index in [-0.39, 0.29) is 5.91 Å². The van der Waals surface area contributed by atoms with Crippen LogP contribution in [0.3, 0.4) is 0 Å². The number of carbonyl (C=O) groups excluding carboxylic acids is 1. The number of amides is 1. The van der Waals surface area contributed by atoms with Gasteiger partial charge in [0.05, 0.1) is 11.7 Å². The number of aliphatic hydroxyl groups excluding tert-OH is 1. The van der Waals surface area contributed by atoms with Gasteiger partial charge in [-0.25, -0.2) is 4.98 Å². The predicted molar refractivity (Wildman–Crippen MR) is 71.8 cm³/mol. The van der Waals surface area contributed by atoms with E-state index in [1.807, 2.05) is 25.1 Å². The highest BCUT2D eigenvalue weighted by Gasteiger charge is 2.12. The van der Waals surface area contributed by atoms with E-state index in [1.165, 1.54) is 0 Å². The SMILES string of the molecule is CC(O)CCN(C)C(=O)c1ccc(N(C)C)nc1. The molecule has 0 aromatic carbocycles. The maximum Gasteiger partial charge on any atom is 0.255 e. The molecule has 1 atom stereocenters. The molecule has 0 aliphatic carbocycles. The number of hydrogen-bond acceptors (Lipinski definition) is 4. The number of nitrogens with zero attached hydrogens (tertiary/aromatic N) is 3. The highest BCUT2D eigenvalue weighted by atomic mass is 16.3. The molecule has 0 spiro atoms. The van der Waals surface area contributed by atoms with Crippen molar-refractivity contribution in [3.05, 3.63) is 23.9 Å². The molecule has 1 N–H and O–H groups in total. The van der Waals surface area contributed by atoms with Gasteiger partial charge >= 0.3 is 0 Å². The minimum absolute atomic E-state index is 0.0755. The predicted octanol–water partition coefficient (Wildman–Crippen LogP) is 0.990. The van der Waals surface area contributed by atoms with Crippen molar-refractivity contribution in [1.29, 1.82) is 0 Å². The van der Waals surface area contributed by atoms with Crippen LogP contribution in [0, 0.1) is 0 Å². The number of anilines is 1. The molecule has 18 heavy (non-hydrogen) atoms. The van der Waals surface area contributed by atoms with Crippen molar-refractivity contribution in [2.24, 2.45) is 0 Å². The minimum atomic E-state index is -0.394. The summed E-state index contributed by atoms with van der Waals surface area (Å²) in [6, 6.07) is 3.58. The first-order chi connectivity index (χ1) is 8.41. The number of hydrogen-bond donors (Lipinski definition) is 1. The monoisotopic (exact) mass is 251 g/mol. The van der Waals surface area contributed by atoms with Gasteiger partial charge in [-0.2, -0.15) is 0 Å². The van der Waals surface area contributed by atoms with Crippen LogP contribution in [0.25, 0.3) is 0 Å².